The molecule has 4 nitrogen and oxygen atoms in total. The summed E-state index contributed by atoms with van der Waals surface area (Å²) in [5, 5.41) is 15.9. The minimum Gasteiger partial charge on any atom is -0.508 e. The largest absolute Gasteiger partial charge is 0.508 e. The lowest BCUT2D eigenvalue weighted by Gasteiger charge is -2.12. The molecule has 2 rings (SSSR count). The zero-order valence-electron chi connectivity index (χ0n) is 12.5. The van der Waals surface area contributed by atoms with E-state index >= 15 is 0 Å². The van der Waals surface area contributed by atoms with Crippen molar-refractivity contribution in [1.29, 1.82) is 0 Å². The van der Waals surface area contributed by atoms with E-state index in [2.05, 4.69) is 10.6 Å². The molecule has 0 bridgehead atoms. The van der Waals surface area contributed by atoms with E-state index in [0.717, 1.165) is 28.1 Å². The lowest BCUT2D eigenvalue weighted by Crippen LogP contribution is -2.07. The topological polar surface area (TPSA) is 61.4 Å². The molecule has 0 fully saturated rings. The highest BCUT2D eigenvalue weighted by atomic mass is 16.3. The maximum Gasteiger partial charge on any atom is 0.221 e. The highest BCUT2D eigenvalue weighted by Gasteiger charge is 2.04. The lowest BCUT2D eigenvalue weighted by atomic mass is 10.1. The van der Waals surface area contributed by atoms with Gasteiger partial charge in [0.05, 0.1) is 0 Å². The van der Waals surface area contributed by atoms with Gasteiger partial charge in [-0.2, -0.15) is 0 Å². The van der Waals surface area contributed by atoms with Gasteiger partial charge >= 0.3 is 0 Å². The fourth-order valence-corrected chi connectivity index (χ4v) is 2.16. The van der Waals surface area contributed by atoms with Crippen molar-refractivity contribution in [2.24, 2.45) is 0 Å². The van der Waals surface area contributed by atoms with Crippen molar-refractivity contribution < 1.29 is 9.90 Å². The van der Waals surface area contributed by atoms with Crippen LogP contribution in [0.4, 0.5) is 11.4 Å². The average Bonchev–Trinajstić information content (AvgIpc) is 2.42. The van der Waals surface area contributed by atoms with E-state index in [4.69, 9.17) is 0 Å². The molecule has 0 atom stereocenters. The normalized spacial score (nSPS) is 10.2. The maximum atomic E-state index is 11.1. The molecule has 0 aliphatic carbocycles. The molecule has 3 N–H and O–H groups in total. The summed E-state index contributed by atoms with van der Waals surface area (Å²) in [5.41, 5.74) is 4.72. The average molecular weight is 284 g/mol. The van der Waals surface area contributed by atoms with Gasteiger partial charge in [0.25, 0.3) is 0 Å². The molecule has 0 radical (unpaired) electrons. The quantitative estimate of drug-likeness (QED) is 0.804. The second-order valence-electron chi connectivity index (χ2n) is 5.20. The molecule has 0 aliphatic heterocycles. The third-order valence-electron chi connectivity index (χ3n) is 3.26. The van der Waals surface area contributed by atoms with E-state index in [-0.39, 0.29) is 5.91 Å². The number of benzene rings is 2. The van der Waals surface area contributed by atoms with E-state index in [1.165, 1.54) is 6.92 Å². The van der Waals surface area contributed by atoms with Gasteiger partial charge in [-0.3, -0.25) is 4.79 Å². The summed E-state index contributed by atoms with van der Waals surface area (Å²) < 4.78 is 0. The monoisotopic (exact) mass is 284 g/mol. The molecule has 21 heavy (non-hydrogen) atoms. The Morgan fingerprint density at radius 2 is 1.90 bits per heavy atom. The van der Waals surface area contributed by atoms with Gasteiger partial charge in [-0.25, -0.2) is 0 Å². The zero-order valence-corrected chi connectivity index (χ0v) is 12.5. The SMILES string of the molecule is CC(=O)Nc1ccc(NCc2cc(C)ccc2O)cc1C. The first-order chi connectivity index (χ1) is 9.95. The molecule has 0 spiro atoms. The molecule has 1 amide bonds. The number of carbonyl (C=O) groups excluding carboxylic acids is 1. The van der Waals surface area contributed by atoms with Crippen LogP contribution in [0, 0.1) is 13.8 Å². The van der Waals surface area contributed by atoms with Crippen LogP contribution >= 0.6 is 0 Å². The Hall–Kier alpha value is -2.49. The van der Waals surface area contributed by atoms with Crippen molar-refractivity contribution in [1.82, 2.24) is 0 Å². The van der Waals surface area contributed by atoms with Crippen molar-refractivity contribution in [3.63, 3.8) is 0 Å². The van der Waals surface area contributed by atoms with Gasteiger partial charge in [0.1, 0.15) is 5.75 Å². The molecule has 2 aromatic rings. The standard InChI is InChI=1S/C17H20N2O2/c1-11-4-7-17(21)14(8-11)10-18-15-5-6-16(12(2)9-15)19-13(3)20/h4-9,18,21H,10H2,1-3H3,(H,19,20). The number of rotatable bonds is 4. The minimum atomic E-state index is -0.0801. The summed E-state index contributed by atoms with van der Waals surface area (Å²) in [5.74, 6) is 0.211. The summed E-state index contributed by atoms with van der Waals surface area (Å²) in [7, 11) is 0. The van der Waals surface area contributed by atoms with Crippen LogP contribution in [0.1, 0.15) is 23.6 Å². The number of aromatic hydroxyl groups is 1. The second kappa shape index (κ2) is 6.31. The van der Waals surface area contributed by atoms with Gasteiger partial charge < -0.3 is 15.7 Å². The highest BCUT2D eigenvalue weighted by molar-refractivity contribution is 5.89. The molecule has 110 valence electrons. The van der Waals surface area contributed by atoms with Crippen LogP contribution in [0.5, 0.6) is 5.75 Å². The van der Waals surface area contributed by atoms with E-state index in [0.29, 0.717) is 12.3 Å². The zero-order chi connectivity index (χ0) is 15.4. The third kappa shape index (κ3) is 3.99. The highest BCUT2D eigenvalue weighted by Crippen LogP contribution is 2.22. The predicted octanol–water partition coefficient (Wildman–Crippen LogP) is 3.58. The van der Waals surface area contributed by atoms with Crippen LogP contribution in [-0.2, 0) is 11.3 Å². The predicted molar refractivity (Wildman–Crippen MR) is 85.7 cm³/mol. The van der Waals surface area contributed by atoms with Gasteiger partial charge in [0, 0.05) is 30.4 Å². The summed E-state index contributed by atoms with van der Waals surface area (Å²) in [4.78, 5) is 11.1. The van der Waals surface area contributed by atoms with Crippen LogP contribution in [0.3, 0.4) is 0 Å². The molecule has 0 saturated carbocycles. The molecule has 2 aromatic carbocycles. The number of phenolic OH excluding ortho intramolecular Hbond substituents is 1. The Labute approximate surface area is 124 Å². The Balaban J connectivity index is 2.08. The molecule has 4 heteroatoms. The molecule has 0 aromatic heterocycles. The summed E-state index contributed by atoms with van der Waals surface area (Å²) >= 11 is 0. The van der Waals surface area contributed by atoms with Crippen molar-refractivity contribution in [3.8, 4) is 5.75 Å². The Morgan fingerprint density at radius 1 is 1.14 bits per heavy atom. The molecular weight excluding hydrogens is 264 g/mol. The molecule has 0 saturated heterocycles. The van der Waals surface area contributed by atoms with Crippen LogP contribution in [0.2, 0.25) is 0 Å². The Morgan fingerprint density at radius 3 is 2.57 bits per heavy atom. The van der Waals surface area contributed by atoms with Crippen LogP contribution in [0.25, 0.3) is 0 Å². The number of hydrogen-bond acceptors (Lipinski definition) is 3. The number of carbonyl (C=O) groups is 1. The van der Waals surface area contributed by atoms with Crippen LogP contribution < -0.4 is 10.6 Å². The summed E-state index contributed by atoms with van der Waals surface area (Å²) in [6, 6.07) is 11.3. The fourth-order valence-electron chi connectivity index (χ4n) is 2.16. The number of aryl methyl sites for hydroxylation is 2. The minimum absolute atomic E-state index is 0.0801. The number of phenols is 1. The second-order valence-corrected chi connectivity index (χ2v) is 5.20. The Kier molecular flexibility index (Phi) is 4.48. The molecule has 0 heterocycles. The van der Waals surface area contributed by atoms with Crippen molar-refractivity contribution in [3.05, 3.63) is 53.1 Å². The fraction of sp³-hybridized carbons (Fsp3) is 0.235. The molecule has 0 unspecified atom stereocenters. The summed E-state index contributed by atoms with van der Waals surface area (Å²) in [6.07, 6.45) is 0. The van der Waals surface area contributed by atoms with Crippen LogP contribution in [-0.4, -0.2) is 11.0 Å². The number of anilines is 2. The van der Waals surface area contributed by atoms with Crippen molar-refractivity contribution >= 4 is 17.3 Å². The Bertz CT molecular complexity index is 666. The van der Waals surface area contributed by atoms with Crippen molar-refractivity contribution in [2.45, 2.75) is 27.3 Å². The lowest BCUT2D eigenvalue weighted by molar-refractivity contribution is -0.114. The molecular formula is C17H20N2O2. The number of hydrogen-bond donors (Lipinski definition) is 3. The van der Waals surface area contributed by atoms with Gasteiger partial charge in [0.2, 0.25) is 5.91 Å². The van der Waals surface area contributed by atoms with Gasteiger partial charge in [-0.05, 0) is 43.7 Å². The third-order valence-corrected chi connectivity index (χ3v) is 3.26. The number of nitrogens with one attached hydrogen (secondary N) is 2. The van der Waals surface area contributed by atoms with E-state index < -0.39 is 0 Å². The van der Waals surface area contributed by atoms with Crippen molar-refractivity contribution in [2.75, 3.05) is 10.6 Å². The smallest absolute Gasteiger partial charge is 0.221 e. The van der Waals surface area contributed by atoms with Gasteiger partial charge in [-0.15, -0.1) is 0 Å². The number of amides is 1. The van der Waals surface area contributed by atoms with E-state index in [1.807, 2.05) is 44.2 Å². The van der Waals surface area contributed by atoms with E-state index in [1.54, 1.807) is 6.07 Å². The molecule has 0 aliphatic rings. The van der Waals surface area contributed by atoms with Gasteiger partial charge in [-0.1, -0.05) is 17.7 Å². The van der Waals surface area contributed by atoms with Crippen LogP contribution in [0.15, 0.2) is 36.4 Å². The maximum absolute atomic E-state index is 11.1. The summed E-state index contributed by atoms with van der Waals surface area (Å²) in [6.45, 7) is 5.98. The first kappa shape index (κ1) is 14.9. The first-order valence-electron chi connectivity index (χ1n) is 6.86. The first-order valence-corrected chi connectivity index (χ1v) is 6.86. The van der Waals surface area contributed by atoms with E-state index in [9.17, 15) is 9.90 Å². The van der Waals surface area contributed by atoms with Gasteiger partial charge in [0.15, 0.2) is 0 Å².